The lowest BCUT2D eigenvalue weighted by molar-refractivity contribution is 0.0697. The molecule has 2 atom stereocenters. The van der Waals surface area contributed by atoms with Crippen LogP contribution in [0.15, 0.2) is 67.0 Å². The zero-order chi connectivity index (χ0) is 22.7. The third-order valence-electron chi connectivity index (χ3n) is 5.66. The van der Waals surface area contributed by atoms with E-state index in [1.807, 2.05) is 41.1 Å². The number of hydrogen-bond donors (Lipinski definition) is 2. The SMILES string of the molecule is CN(C)CCCN1C(=S)NC(c2ccccn2)C1c1cccn1-c1cccc(C(=O)O)c1. The maximum Gasteiger partial charge on any atom is 0.335 e. The Labute approximate surface area is 193 Å². The van der Waals surface area contributed by atoms with Crippen molar-refractivity contribution in [1.82, 2.24) is 24.7 Å². The first-order valence-corrected chi connectivity index (χ1v) is 11.0. The number of carboxylic acid groups (broad SMARTS) is 1. The van der Waals surface area contributed by atoms with E-state index in [1.54, 1.807) is 24.4 Å². The summed E-state index contributed by atoms with van der Waals surface area (Å²) in [6.07, 6.45) is 4.72. The summed E-state index contributed by atoms with van der Waals surface area (Å²) in [4.78, 5) is 20.5. The van der Waals surface area contributed by atoms with Crippen LogP contribution in [0.4, 0.5) is 0 Å². The first kappa shape index (κ1) is 22.0. The zero-order valence-electron chi connectivity index (χ0n) is 18.2. The lowest BCUT2D eigenvalue weighted by Gasteiger charge is -2.29. The van der Waals surface area contributed by atoms with Crippen molar-refractivity contribution in [2.45, 2.75) is 18.5 Å². The Morgan fingerprint density at radius 2 is 2.03 bits per heavy atom. The number of aromatic carboxylic acids is 1. The van der Waals surface area contributed by atoms with Crippen LogP contribution < -0.4 is 5.32 Å². The number of rotatable bonds is 8. The third kappa shape index (κ3) is 4.51. The highest BCUT2D eigenvalue weighted by molar-refractivity contribution is 7.80. The number of pyridine rings is 1. The smallest absolute Gasteiger partial charge is 0.335 e. The maximum absolute atomic E-state index is 11.5. The summed E-state index contributed by atoms with van der Waals surface area (Å²) in [5.41, 5.74) is 3.00. The van der Waals surface area contributed by atoms with E-state index in [4.69, 9.17) is 12.2 Å². The van der Waals surface area contributed by atoms with Crippen molar-refractivity contribution in [3.63, 3.8) is 0 Å². The molecule has 2 N–H and O–H groups in total. The van der Waals surface area contributed by atoms with E-state index in [-0.39, 0.29) is 17.6 Å². The first-order chi connectivity index (χ1) is 15.5. The van der Waals surface area contributed by atoms with Crippen LogP contribution in [-0.2, 0) is 0 Å². The molecule has 2 unspecified atom stereocenters. The van der Waals surface area contributed by atoms with E-state index in [0.29, 0.717) is 5.11 Å². The molecule has 3 heterocycles. The normalized spacial score (nSPS) is 18.2. The van der Waals surface area contributed by atoms with E-state index in [9.17, 15) is 9.90 Å². The molecule has 0 amide bonds. The fraction of sp³-hybridized carbons (Fsp3) is 0.292. The van der Waals surface area contributed by atoms with E-state index < -0.39 is 5.97 Å². The van der Waals surface area contributed by atoms with E-state index >= 15 is 0 Å². The molecule has 0 radical (unpaired) electrons. The maximum atomic E-state index is 11.5. The molecule has 0 spiro atoms. The van der Waals surface area contributed by atoms with Gasteiger partial charge in [-0.15, -0.1) is 0 Å². The molecule has 1 saturated heterocycles. The molecule has 1 aliphatic rings. The van der Waals surface area contributed by atoms with Crippen molar-refractivity contribution in [1.29, 1.82) is 0 Å². The Bertz CT molecular complexity index is 1100. The van der Waals surface area contributed by atoms with E-state index in [2.05, 4.69) is 40.3 Å². The van der Waals surface area contributed by atoms with Crippen molar-refractivity contribution in [2.24, 2.45) is 0 Å². The van der Waals surface area contributed by atoms with Crippen LogP contribution >= 0.6 is 12.2 Å². The van der Waals surface area contributed by atoms with Gasteiger partial charge < -0.3 is 24.8 Å². The molecule has 1 aromatic carbocycles. The highest BCUT2D eigenvalue weighted by Crippen LogP contribution is 2.39. The lowest BCUT2D eigenvalue weighted by Crippen LogP contribution is -2.33. The second-order valence-electron chi connectivity index (χ2n) is 8.14. The van der Waals surface area contributed by atoms with Crippen LogP contribution in [0.25, 0.3) is 5.69 Å². The fourth-order valence-electron chi connectivity index (χ4n) is 4.18. The number of carboxylic acids is 1. The predicted octanol–water partition coefficient (Wildman–Crippen LogP) is 3.49. The highest BCUT2D eigenvalue weighted by Gasteiger charge is 2.40. The van der Waals surface area contributed by atoms with E-state index in [1.165, 1.54) is 0 Å². The Hall–Kier alpha value is -3.23. The first-order valence-electron chi connectivity index (χ1n) is 10.6. The fourth-order valence-corrected chi connectivity index (χ4v) is 4.52. The van der Waals surface area contributed by atoms with Crippen molar-refractivity contribution >= 4 is 23.3 Å². The molecule has 3 aromatic rings. The summed E-state index contributed by atoms with van der Waals surface area (Å²) in [5.74, 6) is -0.944. The molecule has 4 rings (SSSR count). The van der Waals surface area contributed by atoms with Crippen LogP contribution in [0.3, 0.4) is 0 Å². The number of nitrogens with zero attached hydrogens (tertiary/aromatic N) is 4. The molecule has 0 saturated carbocycles. The molecule has 0 aliphatic carbocycles. The molecule has 7 nitrogen and oxygen atoms in total. The van der Waals surface area contributed by atoms with Gasteiger partial charge in [-0.1, -0.05) is 12.1 Å². The molecule has 32 heavy (non-hydrogen) atoms. The van der Waals surface area contributed by atoms with Gasteiger partial charge in [-0.05, 0) is 81.7 Å². The molecule has 1 fully saturated rings. The van der Waals surface area contributed by atoms with Gasteiger partial charge in [-0.3, -0.25) is 4.98 Å². The number of nitrogens with one attached hydrogen (secondary N) is 1. The Morgan fingerprint density at radius 1 is 1.19 bits per heavy atom. The van der Waals surface area contributed by atoms with Crippen molar-refractivity contribution in [2.75, 3.05) is 27.2 Å². The van der Waals surface area contributed by atoms with Crippen LogP contribution in [0.1, 0.15) is 40.3 Å². The van der Waals surface area contributed by atoms with Gasteiger partial charge in [0.2, 0.25) is 0 Å². The molecule has 0 bridgehead atoms. The van der Waals surface area contributed by atoms with Crippen molar-refractivity contribution in [3.05, 3.63) is 83.9 Å². The van der Waals surface area contributed by atoms with Crippen LogP contribution in [0, 0.1) is 0 Å². The van der Waals surface area contributed by atoms with Gasteiger partial charge in [-0.2, -0.15) is 0 Å². The van der Waals surface area contributed by atoms with Gasteiger partial charge in [-0.25, -0.2) is 4.79 Å². The third-order valence-corrected chi connectivity index (χ3v) is 6.01. The summed E-state index contributed by atoms with van der Waals surface area (Å²) in [6, 6.07) is 16.7. The Morgan fingerprint density at radius 3 is 2.75 bits per heavy atom. The number of benzene rings is 1. The Kier molecular flexibility index (Phi) is 6.53. The summed E-state index contributed by atoms with van der Waals surface area (Å²) in [7, 11) is 4.13. The van der Waals surface area contributed by atoms with Crippen LogP contribution in [-0.4, -0.2) is 62.7 Å². The summed E-state index contributed by atoms with van der Waals surface area (Å²) in [5, 5.41) is 13.6. The average molecular weight is 450 g/mol. The van der Waals surface area contributed by atoms with E-state index in [0.717, 1.165) is 36.6 Å². The number of carbonyl (C=O) groups is 1. The molecular weight excluding hydrogens is 422 g/mol. The number of hydrogen-bond acceptors (Lipinski definition) is 4. The van der Waals surface area contributed by atoms with Crippen molar-refractivity contribution in [3.8, 4) is 5.69 Å². The van der Waals surface area contributed by atoms with Crippen LogP contribution in [0.2, 0.25) is 0 Å². The van der Waals surface area contributed by atoms with Crippen LogP contribution in [0.5, 0.6) is 0 Å². The monoisotopic (exact) mass is 449 g/mol. The molecule has 166 valence electrons. The average Bonchev–Trinajstić information content (AvgIpc) is 3.39. The standard InChI is InChI=1S/C24H27N5O2S/c1-27(2)13-7-15-29-22(21(26-24(29)32)19-10-3-4-12-25-19)20-11-6-14-28(20)18-9-5-8-17(16-18)23(30)31/h3-6,8-12,14,16,21-22H,7,13,15H2,1-2H3,(H,26,32)(H,30,31). The zero-order valence-corrected chi connectivity index (χ0v) is 19.0. The van der Waals surface area contributed by atoms with Gasteiger partial charge in [0.25, 0.3) is 0 Å². The lowest BCUT2D eigenvalue weighted by atomic mass is 10.0. The second-order valence-corrected chi connectivity index (χ2v) is 8.52. The minimum atomic E-state index is -0.944. The van der Waals surface area contributed by atoms with Crippen molar-refractivity contribution < 1.29 is 9.90 Å². The highest BCUT2D eigenvalue weighted by atomic mass is 32.1. The van der Waals surface area contributed by atoms with Gasteiger partial charge >= 0.3 is 5.97 Å². The summed E-state index contributed by atoms with van der Waals surface area (Å²) >= 11 is 5.75. The van der Waals surface area contributed by atoms with Gasteiger partial charge in [0.05, 0.1) is 23.3 Å². The molecule has 1 aliphatic heterocycles. The summed E-state index contributed by atoms with van der Waals surface area (Å²) < 4.78 is 2.04. The van der Waals surface area contributed by atoms with Gasteiger partial charge in [0.1, 0.15) is 0 Å². The second kappa shape index (κ2) is 9.50. The minimum absolute atomic E-state index is 0.0805. The summed E-state index contributed by atoms with van der Waals surface area (Å²) in [6.45, 7) is 1.76. The molecule has 8 heteroatoms. The predicted molar refractivity (Wildman–Crippen MR) is 128 cm³/mol. The van der Waals surface area contributed by atoms with Gasteiger partial charge in [0, 0.05) is 30.3 Å². The largest absolute Gasteiger partial charge is 0.478 e. The molecular formula is C24H27N5O2S. The number of aromatic nitrogens is 2. The molecule has 2 aromatic heterocycles. The Balaban J connectivity index is 1.75. The topological polar surface area (TPSA) is 73.6 Å². The van der Waals surface area contributed by atoms with Gasteiger partial charge in [0.15, 0.2) is 5.11 Å². The minimum Gasteiger partial charge on any atom is -0.478 e. The quantitative estimate of drug-likeness (QED) is 0.510. The number of thiocarbonyl (C=S) groups is 1.